The van der Waals surface area contributed by atoms with Gasteiger partial charge in [0.15, 0.2) is 12.2 Å². The minimum Gasteiger partial charge on any atom is -0.462 e. The van der Waals surface area contributed by atoms with Crippen molar-refractivity contribution in [3.05, 3.63) is 0 Å². The van der Waals surface area contributed by atoms with Crippen LogP contribution in [0.5, 0.6) is 0 Å². The molecule has 8 atom stereocenters. The number of carbonyl (C=O) groups excluding carboxylic acids is 4. The molecule has 594 valence electrons. The van der Waals surface area contributed by atoms with Crippen LogP contribution in [0.3, 0.4) is 0 Å². The molecule has 100 heavy (non-hydrogen) atoms. The Morgan fingerprint density at radius 3 is 0.710 bits per heavy atom. The highest BCUT2D eigenvalue weighted by atomic mass is 31.2. The predicted octanol–water partition coefficient (Wildman–Crippen LogP) is 24.0. The van der Waals surface area contributed by atoms with Crippen LogP contribution < -0.4 is 0 Å². The molecule has 0 aromatic heterocycles. The van der Waals surface area contributed by atoms with Crippen molar-refractivity contribution in [2.75, 3.05) is 39.6 Å². The molecular formula is C81H158O17P2. The van der Waals surface area contributed by atoms with Crippen molar-refractivity contribution >= 4 is 39.5 Å². The summed E-state index contributed by atoms with van der Waals surface area (Å²) in [6.45, 7) is 14.2. The largest absolute Gasteiger partial charge is 0.472 e. The van der Waals surface area contributed by atoms with Gasteiger partial charge in [-0.3, -0.25) is 37.3 Å². The molecule has 3 N–H and O–H groups in total. The number of carbonyl (C=O) groups is 4. The number of ether oxygens (including phenoxy) is 4. The highest BCUT2D eigenvalue weighted by Gasteiger charge is 2.30. The Morgan fingerprint density at radius 2 is 0.480 bits per heavy atom. The number of hydrogen-bond donors (Lipinski definition) is 3. The summed E-state index contributed by atoms with van der Waals surface area (Å²) in [5.41, 5.74) is 0. The van der Waals surface area contributed by atoms with Crippen LogP contribution >= 0.6 is 15.6 Å². The second kappa shape index (κ2) is 70.1. The number of aliphatic hydroxyl groups is 1. The molecule has 0 bridgehead atoms. The SMILES string of the molecule is CCC(C)CCCCCCCCCCCCCCCCCCCCC(=O)O[C@H](COC(=O)CCCCCCCCCCCCCCCCCC(C)C)COP(=O)(O)OC[C@@H](O)COP(=O)(O)OC[C@@H](COC(=O)CCCCCCCCC(C)CC)OC(=O)CCCCCCCCC(C)CC. The lowest BCUT2D eigenvalue weighted by Gasteiger charge is -2.21. The summed E-state index contributed by atoms with van der Waals surface area (Å²) in [7, 11) is -9.92. The molecule has 0 spiro atoms. The molecule has 0 radical (unpaired) electrons. The third-order valence-electron chi connectivity index (χ3n) is 19.9. The molecule has 0 aromatic carbocycles. The van der Waals surface area contributed by atoms with Crippen molar-refractivity contribution < 1.29 is 80.2 Å². The van der Waals surface area contributed by atoms with Gasteiger partial charge < -0.3 is 33.8 Å². The second-order valence-electron chi connectivity index (χ2n) is 30.4. The predicted molar refractivity (Wildman–Crippen MR) is 409 cm³/mol. The molecule has 0 aliphatic carbocycles. The summed E-state index contributed by atoms with van der Waals surface area (Å²) in [6, 6.07) is 0. The Kier molecular flexibility index (Phi) is 68.7. The Hall–Kier alpha value is -1.94. The smallest absolute Gasteiger partial charge is 0.462 e. The van der Waals surface area contributed by atoms with Crippen molar-refractivity contribution in [3.8, 4) is 0 Å². The Labute approximate surface area is 613 Å². The standard InChI is InChI=1S/C81H158O17P2/c1-9-72(6)58-50-42-34-30-26-22-18-14-12-13-15-19-24-28-32-36-47-55-63-80(85)97-76(67-91-78(83)61-53-45-35-31-27-23-20-16-17-21-25-29-33-41-49-57-71(4)5)69-95-99(87,88)93-65-75(82)66-94-100(89,90)96-70-77(98-81(86)64-56-48-40-38-44-52-60-74(8)11-3)68-92-79(84)62-54-46-39-37-43-51-59-73(7)10-2/h71-77,82H,9-70H2,1-8H3,(H,87,88)(H,89,90)/t72?,73?,74?,75-,76-,77-/m1/s1. The van der Waals surface area contributed by atoms with Crippen LogP contribution in [0.2, 0.25) is 0 Å². The molecule has 17 nitrogen and oxygen atoms in total. The van der Waals surface area contributed by atoms with Crippen LogP contribution in [-0.2, 0) is 65.4 Å². The highest BCUT2D eigenvalue weighted by molar-refractivity contribution is 7.47. The van der Waals surface area contributed by atoms with Crippen molar-refractivity contribution in [2.45, 2.75) is 433 Å². The fourth-order valence-corrected chi connectivity index (χ4v) is 13.9. The highest BCUT2D eigenvalue weighted by Crippen LogP contribution is 2.45. The van der Waals surface area contributed by atoms with Crippen LogP contribution in [0.15, 0.2) is 0 Å². The molecule has 0 saturated heterocycles. The van der Waals surface area contributed by atoms with Gasteiger partial charge in [0, 0.05) is 25.7 Å². The van der Waals surface area contributed by atoms with E-state index in [-0.39, 0.29) is 25.7 Å². The zero-order valence-electron chi connectivity index (χ0n) is 65.8. The maximum atomic E-state index is 13.1. The van der Waals surface area contributed by atoms with E-state index in [2.05, 4.69) is 55.4 Å². The second-order valence-corrected chi connectivity index (χ2v) is 33.3. The first-order chi connectivity index (χ1) is 48.2. The molecule has 0 saturated carbocycles. The van der Waals surface area contributed by atoms with E-state index in [0.717, 1.165) is 120 Å². The van der Waals surface area contributed by atoms with Gasteiger partial charge in [0.2, 0.25) is 0 Å². The third-order valence-corrected chi connectivity index (χ3v) is 21.8. The minimum absolute atomic E-state index is 0.102. The van der Waals surface area contributed by atoms with E-state index in [0.29, 0.717) is 25.7 Å². The van der Waals surface area contributed by atoms with Crippen LogP contribution in [0.4, 0.5) is 0 Å². The van der Waals surface area contributed by atoms with E-state index in [1.54, 1.807) is 0 Å². The van der Waals surface area contributed by atoms with Crippen molar-refractivity contribution in [3.63, 3.8) is 0 Å². The minimum atomic E-state index is -4.96. The van der Waals surface area contributed by atoms with E-state index in [1.807, 2.05) is 0 Å². The molecule has 0 amide bonds. The molecule has 0 aliphatic heterocycles. The topological polar surface area (TPSA) is 237 Å². The monoisotopic (exact) mass is 1470 g/mol. The molecule has 5 unspecified atom stereocenters. The number of hydrogen-bond acceptors (Lipinski definition) is 15. The fourth-order valence-electron chi connectivity index (χ4n) is 12.3. The van der Waals surface area contributed by atoms with Gasteiger partial charge in [0.25, 0.3) is 0 Å². The van der Waals surface area contributed by atoms with Crippen LogP contribution in [0, 0.1) is 23.7 Å². The lowest BCUT2D eigenvalue weighted by molar-refractivity contribution is -0.161. The first kappa shape index (κ1) is 98.1. The quantitative estimate of drug-likeness (QED) is 0.0222. The van der Waals surface area contributed by atoms with E-state index in [4.69, 9.17) is 37.0 Å². The third kappa shape index (κ3) is 70.4. The maximum absolute atomic E-state index is 13.1. The average molecular weight is 1470 g/mol. The van der Waals surface area contributed by atoms with E-state index in [9.17, 15) is 43.2 Å². The van der Waals surface area contributed by atoms with E-state index >= 15 is 0 Å². The first-order valence-electron chi connectivity index (χ1n) is 41.8. The van der Waals surface area contributed by atoms with Gasteiger partial charge in [-0.15, -0.1) is 0 Å². The van der Waals surface area contributed by atoms with Gasteiger partial charge >= 0.3 is 39.5 Å². The molecule has 19 heteroatoms. The zero-order valence-corrected chi connectivity index (χ0v) is 67.6. The summed E-state index contributed by atoms with van der Waals surface area (Å²) < 4.78 is 68.6. The van der Waals surface area contributed by atoms with E-state index < -0.39 is 97.5 Å². The fraction of sp³-hybridized carbons (Fsp3) is 0.951. The number of phosphoric acid groups is 2. The zero-order chi connectivity index (χ0) is 73.8. The normalized spacial score (nSPS) is 14.8. The first-order valence-corrected chi connectivity index (χ1v) is 44.8. The van der Waals surface area contributed by atoms with Crippen LogP contribution in [-0.4, -0.2) is 96.7 Å². The van der Waals surface area contributed by atoms with Gasteiger partial charge in [0.1, 0.15) is 19.3 Å². The summed E-state index contributed by atoms with van der Waals surface area (Å²) in [4.78, 5) is 72.9. The lowest BCUT2D eigenvalue weighted by atomic mass is 9.99. The van der Waals surface area contributed by atoms with Gasteiger partial charge in [-0.1, -0.05) is 364 Å². The van der Waals surface area contributed by atoms with Crippen molar-refractivity contribution in [1.82, 2.24) is 0 Å². The molecule has 0 fully saturated rings. The summed E-state index contributed by atoms with van der Waals surface area (Å²) in [6.07, 6.45) is 57.1. The number of phosphoric ester groups is 2. The van der Waals surface area contributed by atoms with Crippen molar-refractivity contribution in [1.29, 1.82) is 0 Å². The van der Waals surface area contributed by atoms with Gasteiger partial charge in [-0.25, -0.2) is 9.13 Å². The summed E-state index contributed by atoms with van der Waals surface area (Å²) in [5.74, 6) is 1.01. The summed E-state index contributed by atoms with van der Waals surface area (Å²) in [5, 5.41) is 10.6. The Morgan fingerprint density at radius 1 is 0.280 bits per heavy atom. The van der Waals surface area contributed by atoms with Gasteiger partial charge in [-0.2, -0.15) is 0 Å². The number of esters is 4. The summed E-state index contributed by atoms with van der Waals surface area (Å²) >= 11 is 0. The lowest BCUT2D eigenvalue weighted by Crippen LogP contribution is -2.30. The molecule has 0 heterocycles. The van der Waals surface area contributed by atoms with Gasteiger partial charge in [0.05, 0.1) is 26.4 Å². The van der Waals surface area contributed by atoms with E-state index in [1.165, 1.54) is 212 Å². The molecule has 0 aromatic rings. The van der Waals surface area contributed by atoms with Gasteiger partial charge in [-0.05, 0) is 49.4 Å². The van der Waals surface area contributed by atoms with Crippen LogP contribution in [0.1, 0.15) is 415 Å². The molecule has 0 rings (SSSR count). The number of aliphatic hydroxyl groups excluding tert-OH is 1. The number of rotatable bonds is 78. The van der Waals surface area contributed by atoms with Crippen LogP contribution in [0.25, 0.3) is 0 Å². The maximum Gasteiger partial charge on any atom is 0.472 e. The van der Waals surface area contributed by atoms with Crippen molar-refractivity contribution in [2.24, 2.45) is 23.7 Å². The Bertz CT molecular complexity index is 1960. The molecule has 0 aliphatic rings. The number of unbranched alkanes of at least 4 members (excludes halogenated alkanes) is 41. The average Bonchev–Trinajstić information content (AvgIpc) is 0.984. The molecular weight excluding hydrogens is 1310 g/mol. The Balaban J connectivity index is 5.20.